The number of hydrogen-bond donors (Lipinski definition) is 1. The molecule has 0 aliphatic heterocycles. The predicted octanol–water partition coefficient (Wildman–Crippen LogP) is 2.03. The van der Waals surface area contributed by atoms with Gasteiger partial charge in [-0.1, -0.05) is 6.07 Å². The van der Waals surface area contributed by atoms with Crippen LogP contribution in [0.2, 0.25) is 0 Å². The SMILES string of the molecule is CC(C)(C)NC(C#N)c1cccnc1. The summed E-state index contributed by atoms with van der Waals surface area (Å²) in [7, 11) is 0. The van der Waals surface area contributed by atoms with Crippen LogP contribution in [0.25, 0.3) is 0 Å². The van der Waals surface area contributed by atoms with Crippen LogP contribution in [-0.2, 0) is 0 Å². The highest BCUT2D eigenvalue weighted by Crippen LogP contribution is 2.14. The summed E-state index contributed by atoms with van der Waals surface area (Å²) < 4.78 is 0. The predicted molar refractivity (Wildman–Crippen MR) is 55.5 cm³/mol. The maximum atomic E-state index is 9.00. The highest BCUT2D eigenvalue weighted by atomic mass is 15.0. The monoisotopic (exact) mass is 189 g/mol. The van der Waals surface area contributed by atoms with Crippen LogP contribution >= 0.6 is 0 Å². The van der Waals surface area contributed by atoms with E-state index in [2.05, 4.69) is 16.4 Å². The molecule has 74 valence electrons. The Hall–Kier alpha value is -1.40. The van der Waals surface area contributed by atoms with Crippen molar-refractivity contribution in [1.29, 1.82) is 5.26 Å². The van der Waals surface area contributed by atoms with Gasteiger partial charge in [0.25, 0.3) is 0 Å². The summed E-state index contributed by atoms with van der Waals surface area (Å²) in [5, 5.41) is 12.2. The number of pyridine rings is 1. The fourth-order valence-corrected chi connectivity index (χ4v) is 1.17. The molecule has 0 bridgehead atoms. The maximum absolute atomic E-state index is 9.00. The van der Waals surface area contributed by atoms with Crippen molar-refractivity contribution in [3.63, 3.8) is 0 Å². The third-order valence-corrected chi connectivity index (χ3v) is 1.72. The van der Waals surface area contributed by atoms with Crippen LogP contribution in [0.5, 0.6) is 0 Å². The number of nitrogens with one attached hydrogen (secondary N) is 1. The van der Waals surface area contributed by atoms with E-state index in [9.17, 15) is 0 Å². The van der Waals surface area contributed by atoms with Crippen LogP contribution in [0.4, 0.5) is 0 Å². The molecule has 0 aromatic carbocycles. The average Bonchev–Trinajstić information content (AvgIpc) is 2.14. The Bertz CT molecular complexity index is 319. The molecule has 0 spiro atoms. The van der Waals surface area contributed by atoms with Gasteiger partial charge in [0.2, 0.25) is 0 Å². The van der Waals surface area contributed by atoms with Gasteiger partial charge in [-0.05, 0) is 26.8 Å². The smallest absolute Gasteiger partial charge is 0.123 e. The maximum Gasteiger partial charge on any atom is 0.123 e. The number of aromatic nitrogens is 1. The van der Waals surface area contributed by atoms with E-state index in [4.69, 9.17) is 5.26 Å². The molecule has 0 fully saturated rings. The molecule has 3 heteroatoms. The van der Waals surface area contributed by atoms with Crippen LogP contribution in [-0.4, -0.2) is 10.5 Å². The molecule has 0 radical (unpaired) electrons. The first-order valence-corrected chi connectivity index (χ1v) is 4.60. The van der Waals surface area contributed by atoms with Crippen LogP contribution < -0.4 is 5.32 Å². The van der Waals surface area contributed by atoms with E-state index < -0.39 is 0 Å². The molecule has 1 unspecified atom stereocenters. The molecule has 1 atom stereocenters. The summed E-state index contributed by atoms with van der Waals surface area (Å²) in [6.45, 7) is 6.11. The Labute approximate surface area is 84.8 Å². The van der Waals surface area contributed by atoms with Gasteiger partial charge < -0.3 is 0 Å². The van der Waals surface area contributed by atoms with Crippen molar-refractivity contribution in [3.8, 4) is 6.07 Å². The van der Waals surface area contributed by atoms with Gasteiger partial charge in [0.1, 0.15) is 6.04 Å². The fourth-order valence-electron chi connectivity index (χ4n) is 1.17. The summed E-state index contributed by atoms with van der Waals surface area (Å²) in [6, 6.07) is 5.68. The zero-order valence-corrected chi connectivity index (χ0v) is 8.78. The largest absolute Gasteiger partial charge is 0.293 e. The summed E-state index contributed by atoms with van der Waals surface area (Å²) >= 11 is 0. The van der Waals surface area contributed by atoms with E-state index in [1.807, 2.05) is 32.9 Å². The normalized spacial score (nSPS) is 13.3. The first-order chi connectivity index (χ1) is 6.53. The minimum absolute atomic E-state index is 0.0732. The molecule has 0 aliphatic carbocycles. The highest BCUT2D eigenvalue weighted by Gasteiger charge is 2.17. The molecule has 0 saturated carbocycles. The lowest BCUT2D eigenvalue weighted by molar-refractivity contribution is 0.400. The van der Waals surface area contributed by atoms with Gasteiger partial charge in [0, 0.05) is 23.5 Å². The van der Waals surface area contributed by atoms with Gasteiger partial charge in [-0.3, -0.25) is 10.3 Å². The molecule has 1 heterocycles. The number of hydrogen-bond acceptors (Lipinski definition) is 3. The molecule has 0 aliphatic rings. The molecule has 1 aromatic rings. The minimum atomic E-state index is -0.288. The van der Waals surface area contributed by atoms with Crippen LogP contribution in [0.3, 0.4) is 0 Å². The van der Waals surface area contributed by atoms with Crippen molar-refractivity contribution < 1.29 is 0 Å². The molecule has 1 N–H and O–H groups in total. The van der Waals surface area contributed by atoms with Gasteiger partial charge in [-0.25, -0.2) is 0 Å². The lowest BCUT2D eigenvalue weighted by atomic mass is 10.0. The van der Waals surface area contributed by atoms with Crippen molar-refractivity contribution in [2.45, 2.75) is 32.4 Å². The van der Waals surface area contributed by atoms with Crippen molar-refractivity contribution in [2.24, 2.45) is 0 Å². The molecule has 3 nitrogen and oxygen atoms in total. The van der Waals surface area contributed by atoms with E-state index in [0.29, 0.717) is 0 Å². The molecular weight excluding hydrogens is 174 g/mol. The van der Waals surface area contributed by atoms with Crippen LogP contribution in [0.15, 0.2) is 24.5 Å². The van der Waals surface area contributed by atoms with Gasteiger partial charge in [-0.2, -0.15) is 5.26 Å². The van der Waals surface area contributed by atoms with Crippen LogP contribution in [0, 0.1) is 11.3 Å². The summed E-state index contributed by atoms with van der Waals surface area (Å²) in [5.41, 5.74) is 0.834. The van der Waals surface area contributed by atoms with E-state index in [-0.39, 0.29) is 11.6 Å². The molecular formula is C11H15N3. The second-order valence-electron chi connectivity index (χ2n) is 4.24. The lowest BCUT2D eigenvalue weighted by Gasteiger charge is -2.24. The molecule has 1 aromatic heterocycles. The summed E-state index contributed by atoms with van der Waals surface area (Å²) in [5.74, 6) is 0. The summed E-state index contributed by atoms with van der Waals surface area (Å²) in [4.78, 5) is 3.99. The van der Waals surface area contributed by atoms with Gasteiger partial charge in [0.15, 0.2) is 0 Å². The molecule has 0 amide bonds. The Morgan fingerprint density at radius 1 is 1.50 bits per heavy atom. The first-order valence-electron chi connectivity index (χ1n) is 4.60. The third kappa shape index (κ3) is 3.15. The number of nitrogens with zero attached hydrogens (tertiary/aromatic N) is 2. The topological polar surface area (TPSA) is 48.7 Å². The quantitative estimate of drug-likeness (QED) is 0.774. The van der Waals surface area contributed by atoms with Crippen LogP contribution in [0.1, 0.15) is 32.4 Å². The van der Waals surface area contributed by atoms with Gasteiger partial charge in [-0.15, -0.1) is 0 Å². The average molecular weight is 189 g/mol. The highest BCUT2D eigenvalue weighted by molar-refractivity contribution is 5.20. The zero-order chi connectivity index (χ0) is 10.6. The second-order valence-corrected chi connectivity index (χ2v) is 4.24. The molecule has 0 saturated heterocycles. The molecule has 14 heavy (non-hydrogen) atoms. The Balaban J connectivity index is 2.80. The van der Waals surface area contributed by atoms with E-state index in [1.165, 1.54) is 0 Å². The van der Waals surface area contributed by atoms with Gasteiger partial charge >= 0.3 is 0 Å². The lowest BCUT2D eigenvalue weighted by Crippen LogP contribution is -2.38. The zero-order valence-electron chi connectivity index (χ0n) is 8.78. The minimum Gasteiger partial charge on any atom is -0.293 e. The van der Waals surface area contributed by atoms with Gasteiger partial charge in [0.05, 0.1) is 6.07 Å². The molecule has 1 rings (SSSR count). The Kier molecular flexibility index (Phi) is 3.21. The van der Waals surface area contributed by atoms with Crippen molar-refractivity contribution in [3.05, 3.63) is 30.1 Å². The summed E-state index contributed by atoms with van der Waals surface area (Å²) in [6.07, 6.45) is 3.42. The standard InChI is InChI=1S/C11H15N3/c1-11(2,3)14-10(7-12)9-5-4-6-13-8-9/h4-6,8,10,14H,1-3H3. The Morgan fingerprint density at radius 3 is 2.64 bits per heavy atom. The Morgan fingerprint density at radius 2 is 2.21 bits per heavy atom. The van der Waals surface area contributed by atoms with E-state index in [0.717, 1.165) is 5.56 Å². The van der Waals surface area contributed by atoms with Crippen molar-refractivity contribution in [1.82, 2.24) is 10.3 Å². The first kappa shape index (κ1) is 10.7. The van der Waals surface area contributed by atoms with Crippen molar-refractivity contribution in [2.75, 3.05) is 0 Å². The number of nitriles is 1. The second kappa shape index (κ2) is 4.21. The van der Waals surface area contributed by atoms with E-state index in [1.54, 1.807) is 12.4 Å². The third-order valence-electron chi connectivity index (χ3n) is 1.72. The van der Waals surface area contributed by atoms with Crippen molar-refractivity contribution >= 4 is 0 Å². The number of rotatable bonds is 2. The fraction of sp³-hybridized carbons (Fsp3) is 0.455. The van der Waals surface area contributed by atoms with E-state index >= 15 is 0 Å².